The van der Waals surface area contributed by atoms with Crippen molar-refractivity contribution in [1.82, 2.24) is 4.98 Å². The van der Waals surface area contributed by atoms with Crippen LogP contribution in [0.5, 0.6) is 5.75 Å². The van der Waals surface area contributed by atoms with Crippen molar-refractivity contribution in [2.45, 2.75) is 33.6 Å². The van der Waals surface area contributed by atoms with Crippen LogP contribution in [0.4, 0.5) is 5.69 Å². The Balaban J connectivity index is 2.13. The fourth-order valence-electron chi connectivity index (χ4n) is 2.32. The first-order valence-electron chi connectivity index (χ1n) is 8.74. The van der Waals surface area contributed by atoms with E-state index >= 15 is 0 Å². The fourth-order valence-corrected chi connectivity index (χ4v) is 2.32. The molecular formula is C20H24N2O4. The van der Waals surface area contributed by atoms with Crippen LogP contribution >= 0.6 is 0 Å². The van der Waals surface area contributed by atoms with Gasteiger partial charge in [0.15, 0.2) is 0 Å². The number of esters is 1. The van der Waals surface area contributed by atoms with Gasteiger partial charge in [0.1, 0.15) is 11.4 Å². The lowest BCUT2D eigenvalue weighted by atomic mass is 10.2. The lowest BCUT2D eigenvalue weighted by Gasteiger charge is -2.12. The predicted molar refractivity (Wildman–Crippen MR) is 99.7 cm³/mol. The molecule has 0 spiro atoms. The minimum absolute atomic E-state index is 0.221. The van der Waals surface area contributed by atoms with Crippen LogP contribution in [0.2, 0.25) is 0 Å². The lowest BCUT2D eigenvalue weighted by Crippen LogP contribution is -2.16. The second-order valence-electron chi connectivity index (χ2n) is 5.70. The maximum Gasteiger partial charge on any atom is 0.339 e. The number of nitrogens with one attached hydrogen (secondary N) is 1. The molecule has 1 N–H and O–H groups in total. The third kappa shape index (κ3) is 5.05. The standard InChI is InChI=1S/C20H24N2O4/c1-4-6-13-26-18-10-8-7-9-16(18)22-19(23)17-12-11-15(14(3)21-17)20(24)25-5-2/h7-12H,4-6,13H2,1-3H3,(H,22,23). The average Bonchev–Trinajstić information content (AvgIpc) is 2.63. The quantitative estimate of drug-likeness (QED) is 0.571. The highest BCUT2D eigenvalue weighted by Gasteiger charge is 2.16. The molecule has 1 aromatic carbocycles. The van der Waals surface area contributed by atoms with Gasteiger partial charge >= 0.3 is 5.97 Å². The molecular weight excluding hydrogens is 332 g/mol. The molecule has 0 aliphatic heterocycles. The van der Waals surface area contributed by atoms with Crippen molar-refractivity contribution in [1.29, 1.82) is 0 Å². The number of aryl methyl sites for hydroxylation is 1. The van der Waals surface area contributed by atoms with Crippen LogP contribution in [0.15, 0.2) is 36.4 Å². The molecule has 0 saturated heterocycles. The summed E-state index contributed by atoms with van der Waals surface area (Å²) in [5.74, 6) is -0.191. The molecule has 1 aromatic heterocycles. The van der Waals surface area contributed by atoms with Gasteiger partial charge in [0.05, 0.1) is 30.2 Å². The summed E-state index contributed by atoms with van der Waals surface area (Å²) in [5, 5.41) is 2.81. The summed E-state index contributed by atoms with van der Waals surface area (Å²) in [6.45, 7) is 6.38. The molecule has 2 rings (SSSR count). The van der Waals surface area contributed by atoms with Gasteiger partial charge in [-0.3, -0.25) is 4.79 Å². The highest BCUT2D eigenvalue weighted by atomic mass is 16.5. The van der Waals surface area contributed by atoms with E-state index in [0.717, 1.165) is 12.8 Å². The van der Waals surface area contributed by atoms with Crippen molar-refractivity contribution < 1.29 is 19.1 Å². The summed E-state index contributed by atoms with van der Waals surface area (Å²) in [6.07, 6.45) is 1.98. The summed E-state index contributed by atoms with van der Waals surface area (Å²) in [6, 6.07) is 10.3. The van der Waals surface area contributed by atoms with E-state index in [4.69, 9.17) is 9.47 Å². The zero-order valence-corrected chi connectivity index (χ0v) is 15.4. The van der Waals surface area contributed by atoms with Crippen molar-refractivity contribution in [2.75, 3.05) is 18.5 Å². The van der Waals surface area contributed by atoms with Crippen LogP contribution < -0.4 is 10.1 Å². The summed E-state index contributed by atoms with van der Waals surface area (Å²) < 4.78 is 10.7. The number of carbonyl (C=O) groups is 2. The highest BCUT2D eigenvalue weighted by Crippen LogP contribution is 2.24. The monoisotopic (exact) mass is 356 g/mol. The van der Waals surface area contributed by atoms with Crippen LogP contribution in [-0.4, -0.2) is 30.1 Å². The summed E-state index contributed by atoms with van der Waals surface area (Å²) in [7, 11) is 0. The number of pyridine rings is 1. The van der Waals surface area contributed by atoms with Gasteiger partial charge < -0.3 is 14.8 Å². The normalized spacial score (nSPS) is 10.3. The van der Waals surface area contributed by atoms with Gasteiger partial charge in [0.2, 0.25) is 0 Å². The van der Waals surface area contributed by atoms with E-state index in [2.05, 4.69) is 17.2 Å². The van der Waals surface area contributed by atoms with Gasteiger partial charge in [-0.05, 0) is 44.5 Å². The zero-order chi connectivity index (χ0) is 18.9. The number of anilines is 1. The largest absolute Gasteiger partial charge is 0.491 e. The number of aromatic nitrogens is 1. The van der Waals surface area contributed by atoms with E-state index in [1.54, 1.807) is 26.0 Å². The van der Waals surface area contributed by atoms with E-state index in [1.807, 2.05) is 18.2 Å². The van der Waals surface area contributed by atoms with E-state index in [9.17, 15) is 9.59 Å². The second-order valence-corrected chi connectivity index (χ2v) is 5.70. The minimum Gasteiger partial charge on any atom is -0.491 e. The number of hydrogen-bond donors (Lipinski definition) is 1. The number of hydrogen-bond acceptors (Lipinski definition) is 5. The van der Waals surface area contributed by atoms with Crippen LogP contribution in [0.3, 0.4) is 0 Å². The van der Waals surface area contributed by atoms with Gasteiger partial charge in [0, 0.05) is 0 Å². The van der Waals surface area contributed by atoms with Crippen molar-refractivity contribution in [3.05, 3.63) is 53.3 Å². The van der Waals surface area contributed by atoms with E-state index in [1.165, 1.54) is 6.07 Å². The van der Waals surface area contributed by atoms with E-state index in [0.29, 0.717) is 29.3 Å². The topological polar surface area (TPSA) is 77.5 Å². The van der Waals surface area contributed by atoms with Crippen LogP contribution in [0.1, 0.15) is 53.2 Å². The molecule has 0 aliphatic carbocycles. The molecule has 0 unspecified atom stereocenters. The summed E-state index contributed by atoms with van der Waals surface area (Å²) in [5.41, 5.74) is 1.61. The molecule has 0 atom stereocenters. The molecule has 0 saturated carbocycles. The molecule has 0 aliphatic rings. The SMILES string of the molecule is CCCCOc1ccccc1NC(=O)c1ccc(C(=O)OCC)c(C)n1. The van der Waals surface area contributed by atoms with Gasteiger partial charge in [0.25, 0.3) is 5.91 Å². The Hall–Kier alpha value is -2.89. The molecule has 26 heavy (non-hydrogen) atoms. The first kappa shape index (κ1) is 19.4. The maximum absolute atomic E-state index is 12.5. The molecule has 138 valence electrons. The molecule has 1 amide bonds. The Bertz CT molecular complexity index is 774. The number of ether oxygens (including phenoxy) is 2. The van der Waals surface area contributed by atoms with Gasteiger partial charge in [-0.1, -0.05) is 25.5 Å². The number of amides is 1. The van der Waals surface area contributed by atoms with E-state index in [-0.39, 0.29) is 18.2 Å². The lowest BCUT2D eigenvalue weighted by molar-refractivity contribution is 0.0524. The zero-order valence-electron chi connectivity index (χ0n) is 15.4. The predicted octanol–water partition coefficient (Wildman–Crippen LogP) is 4.00. The van der Waals surface area contributed by atoms with Crippen molar-refractivity contribution >= 4 is 17.6 Å². The molecule has 6 heteroatoms. The Morgan fingerprint density at radius 2 is 1.88 bits per heavy atom. The smallest absolute Gasteiger partial charge is 0.339 e. The molecule has 0 radical (unpaired) electrons. The number of carbonyl (C=O) groups excluding carboxylic acids is 2. The van der Waals surface area contributed by atoms with Crippen molar-refractivity contribution in [2.24, 2.45) is 0 Å². The van der Waals surface area contributed by atoms with Gasteiger partial charge in [-0.2, -0.15) is 0 Å². The summed E-state index contributed by atoms with van der Waals surface area (Å²) >= 11 is 0. The molecule has 0 bridgehead atoms. The third-order valence-corrected chi connectivity index (χ3v) is 3.70. The number of benzene rings is 1. The van der Waals surface area contributed by atoms with Gasteiger partial charge in [-0.25, -0.2) is 9.78 Å². The van der Waals surface area contributed by atoms with Crippen molar-refractivity contribution in [3.63, 3.8) is 0 Å². The minimum atomic E-state index is -0.445. The maximum atomic E-state index is 12.5. The number of unbranched alkanes of at least 4 members (excludes halogenated alkanes) is 1. The molecule has 0 fully saturated rings. The molecule has 2 aromatic rings. The highest BCUT2D eigenvalue weighted by molar-refractivity contribution is 6.04. The van der Waals surface area contributed by atoms with Crippen LogP contribution in [0, 0.1) is 6.92 Å². The average molecular weight is 356 g/mol. The Kier molecular flexibility index (Phi) is 7.14. The number of rotatable bonds is 8. The van der Waals surface area contributed by atoms with Gasteiger partial charge in [-0.15, -0.1) is 0 Å². The Morgan fingerprint density at radius 1 is 1.12 bits per heavy atom. The summed E-state index contributed by atoms with van der Waals surface area (Å²) in [4.78, 5) is 28.6. The first-order chi connectivity index (χ1) is 12.6. The molecule has 6 nitrogen and oxygen atoms in total. The number of para-hydroxylation sites is 2. The molecule has 1 heterocycles. The third-order valence-electron chi connectivity index (χ3n) is 3.70. The Morgan fingerprint density at radius 3 is 2.58 bits per heavy atom. The van der Waals surface area contributed by atoms with Crippen LogP contribution in [0.25, 0.3) is 0 Å². The Labute approximate surface area is 153 Å². The van der Waals surface area contributed by atoms with Crippen molar-refractivity contribution in [3.8, 4) is 5.75 Å². The fraction of sp³-hybridized carbons (Fsp3) is 0.350. The number of nitrogens with zero attached hydrogens (tertiary/aromatic N) is 1. The first-order valence-corrected chi connectivity index (χ1v) is 8.74. The van der Waals surface area contributed by atoms with E-state index < -0.39 is 5.97 Å². The van der Waals surface area contributed by atoms with Crippen LogP contribution in [-0.2, 0) is 4.74 Å². The second kappa shape index (κ2) is 9.56.